The van der Waals surface area contributed by atoms with Gasteiger partial charge in [-0.3, -0.25) is 4.79 Å². The molecule has 1 amide bonds. The second-order valence-electron chi connectivity index (χ2n) is 8.29. The van der Waals surface area contributed by atoms with Gasteiger partial charge in [-0.15, -0.1) is 0 Å². The van der Waals surface area contributed by atoms with Crippen molar-refractivity contribution < 1.29 is 18.4 Å². The zero-order chi connectivity index (χ0) is 23.7. The molecule has 0 aliphatic carbocycles. The number of ether oxygens (including phenoxy) is 1. The molecule has 1 N–H and O–H groups in total. The van der Waals surface area contributed by atoms with E-state index < -0.39 is 0 Å². The number of carbonyl (C=O) groups is 1. The molecule has 0 unspecified atom stereocenters. The van der Waals surface area contributed by atoms with E-state index in [1.54, 1.807) is 31.8 Å². The number of nitrogens with one attached hydrogen (secondary N) is 1. The van der Waals surface area contributed by atoms with E-state index in [0.29, 0.717) is 18.1 Å². The molecule has 2 aromatic heterocycles. The lowest BCUT2D eigenvalue weighted by atomic mass is 9.95. The van der Waals surface area contributed by atoms with Crippen LogP contribution in [0.25, 0.3) is 38.4 Å². The summed E-state index contributed by atoms with van der Waals surface area (Å²) in [7, 11) is 1.63. The molecular formula is C29H25NO4. The molecule has 5 aromatic rings. The van der Waals surface area contributed by atoms with Crippen LogP contribution in [0.1, 0.15) is 23.8 Å². The Bertz CT molecular complexity index is 1520. The molecule has 2 heterocycles. The zero-order valence-electron chi connectivity index (χ0n) is 19.3. The third-order valence-electron chi connectivity index (χ3n) is 6.10. The first-order chi connectivity index (χ1) is 16.5. The SMILES string of the molecule is COc1c(/C(C)=C/C(=O)NCc2ccco2)cc2c(-c3ccc4ccccc4c3)coc2c1C. The van der Waals surface area contributed by atoms with Crippen molar-refractivity contribution in [3.05, 3.63) is 96.2 Å². The minimum Gasteiger partial charge on any atom is -0.496 e. The molecule has 3 aromatic carbocycles. The van der Waals surface area contributed by atoms with Crippen LogP contribution in [-0.4, -0.2) is 13.0 Å². The number of carbonyl (C=O) groups excluding carboxylic acids is 1. The van der Waals surface area contributed by atoms with Gasteiger partial charge in [0, 0.05) is 28.2 Å². The minimum absolute atomic E-state index is 0.198. The maximum atomic E-state index is 12.5. The Balaban J connectivity index is 1.55. The van der Waals surface area contributed by atoms with Crippen LogP contribution in [-0.2, 0) is 11.3 Å². The molecule has 0 spiro atoms. The van der Waals surface area contributed by atoms with E-state index in [-0.39, 0.29) is 5.91 Å². The molecule has 0 aliphatic heterocycles. The van der Waals surface area contributed by atoms with Crippen molar-refractivity contribution in [2.75, 3.05) is 7.11 Å². The summed E-state index contributed by atoms with van der Waals surface area (Å²) in [6.07, 6.45) is 4.96. The molecule has 0 saturated heterocycles. The predicted molar refractivity (Wildman–Crippen MR) is 135 cm³/mol. The van der Waals surface area contributed by atoms with Gasteiger partial charge in [-0.1, -0.05) is 36.4 Å². The second-order valence-corrected chi connectivity index (χ2v) is 8.29. The number of hydrogen-bond acceptors (Lipinski definition) is 4. The fourth-order valence-corrected chi connectivity index (χ4v) is 4.37. The van der Waals surface area contributed by atoms with Crippen LogP contribution in [0.4, 0.5) is 0 Å². The molecule has 0 bridgehead atoms. The van der Waals surface area contributed by atoms with E-state index in [0.717, 1.165) is 38.8 Å². The molecule has 0 atom stereocenters. The van der Waals surface area contributed by atoms with Gasteiger partial charge in [-0.05, 0) is 60.0 Å². The van der Waals surface area contributed by atoms with Crippen molar-refractivity contribution >= 4 is 33.2 Å². The van der Waals surface area contributed by atoms with Crippen molar-refractivity contribution in [2.45, 2.75) is 20.4 Å². The maximum absolute atomic E-state index is 12.5. The highest BCUT2D eigenvalue weighted by atomic mass is 16.5. The van der Waals surface area contributed by atoms with Gasteiger partial charge in [0.2, 0.25) is 5.91 Å². The first-order valence-corrected chi connectivity index (χ1v) is 11.1. The zero-order valence-corrected chi connectivity index (χ0v) is 19.3. The van der Waals surface area contributed by atoms with Crippen LogP contribution in [0.3, 0.4) is 0 Å². The van der Waals surface area contributed by atoms with Gasteiger partial charge < -0.3 is 18.9 Å². The van der Waals surface area contributed by atoms with Crippen LogP contribution in [0, 0.1) is 6.92 Å². The van der Waals surface area contributed by atoms with Gasteiger partial charge in [0.05, 0.1) is 26.2 Å². The van der Waals surface area contributed by atoms with Crippen molar-refractivity contribution in [3.63, 3.8) is 0 Å². The largest absolute Gasteiger partial charge is 0.496 e. The number of amides is 1. The van der Waals surface area contributed by atoms with Crippen LogP contribution < -0.4 is 10.1 Å². The summed E-state index contributed by atoms with van der Waals surface area (Å²) < 4.78 is 17.0. The molecular weight excluding hydrogens is 426 g/mol. The standard InChI is InChI=1S/C29H25NO4/c1-18(13-27(31)30-16-23-9-6-12-33-23)24-15-25-26(17-34-29(25)19(2)28(24)32-3)22-11-10-20-7-4-5-8-21(20)14-22/h4-15,17H,16H2,1-3H3,(H,30,31)/b18-13+. The van der Waals surface area contributed by atoms with Gasteiger partial charge in [-0.25, -0.2) is 0 Å². The van der Waals surface area contributed by atoms with Crippen LogP contribution in [0.2, 0.25) is 0 Å². The number of methoxy groups -OCH3 is 1. The average Bonchev–Trinajstić information content (AvgIpc) is 3.52. The van der Waals surface area contributed by atoms with Crippen LogP contribution in [0.15, 0.2) is 88.1 Å². The lowest BCUT2D eigenvalue weighted by Crippen LogP contribution is -2.20. The average molecular weight is 452 g/mol. The molecule has 5 nitrogen and oxygen atoms in total. The molecule has 0 aliphatic rings. The van der Waals surface area contributed by atoms with Crippen LogP contribution in [0.5, 0.6) is 5.75 Å². The number of allylic oxidation sites excluding steroid dienone is 1. The van der Waals surface area contributed by atoms with Gasteiger partial charge in [0.15, 0.2) is 0 Å². The summed E-state index contributed by atoms with van der Waals surface area (Å²) in [4.78, 5) is 12.5. The first-order valence-electron chi connectivity index (χ1n) is 11.1. The van der Waals surface area contributed by atoms with Gasteiger partial charge >= 0.3 is 0 Å². The first kappa shape index (κ1) is 21.6. The molecule has 170 valence electrons. The Morgan fingerprint density at radius 1 is 1.03 bits per heavy atom. The monoisotopic (exact) mass is 451 g/mol. The second kappa shape index (κ2) is 8.94. The predicted octanol–water partition coefficient (Wildman–Crippen LogP) is 6.88. The van der Waals surface area contributed by atoms with Gasteiger partial charge in [0.1, 0.15) is 17.1 Å². The molecule has 0 fully saturated rings. The normalized spacial score (nSPS) is 11.8. The highest BCUT2D eigenvalue weighted by molar-refractivity contribution is 6.02. The lowest BCUT2D eigenvalue weighted by Gasteiger charge is -2.13. The summed E-state index contributed by atoms with van der Waals surface area (Å²) in [6, 6.07) is 20.3. The molecule has 34 heavy (non-hydrogen) atoms. The van der Waals surface area contributed by atoms with E-state index in [9.17, 15) is 4.79 Å². The Morgan fingerprint density at radius 2 is 1.85 bits per heavy atom. The smallest absolute Gasteiger partial charge is 0.244 e. The Hall–Kier alpha value is -4.25. The number of rotatable bonds is 6. The summed E-state index contributed by atoms with van der Waals surface area (Å²) in [5, 5.41) is 6.20. The topological polar surface area (TPSA) is 64.6 Å². The number of hydrogen-bond donors (Lipinski definition) is 1. The van der Waals surface area contributed by atoms with Crippen molar-refractivity contribution in [1.29, 1.82) is 0 Å². The van der Waals surface area contributed by atoms with E-state index in [4.69, 9.17) is 13.6 Å². The summed E-state index contributed by atoms with van der Waals surface area (Å²) in [5.74, 6) is 1.20. The summed E-state index contributed by atoms with van der Waals surface area (Å²) in [5.41, 5.74) is 5.40. The number of aryl methyl sites for hydroxylation is 1. The third kappa shape index (κ3) is 3.97. The van der Waals surface area contributed by atoms with E-state index in [1.165, 1.54) is 10.8 Å². The minimum atomic E-state index is -0.198. The highest BCUT2D eigenvalue weighted by Crippen LogP contribution is 2.41. The summed E-state index contributed by atoms with van der Waals surface area (Å²) in [6.45, 7) is 4.21. The highest BCUT2D eigenvalue weighted by Gasteiger charge is 2.19. The third-order valence-corrected chi connectivity index (χ3v) is 6.10. The van der Waals surface area contributed by atoms with Crippen LogP contribution >= 0.6 is 0 Å². The Labute approximate surface area is 197 Å². The maximum Gasteiger partial charge on any atom is 0.244 e. The van der Waals surface area contributed by atoms with Crippen molar-refractivity contribution in [3.8, 4) is 16.9 Å². The molecule has 5 heteroatoms. The number of benzene rings is 3. The van der Waals surface area contributed by atoms with Gasteiger partial charge in [-0.2, -0.15) is 0 Å². The van der Waals surface area contributed by atoms with Gasteiger partial charge in [0.25, 0.3) is 0 Å². The molecule has 0 radical (unpaired) electrons. The van der Waals surface area contributed by atoms with E-state index >= 15 is 0 Å². The number of furan rings is 2. The fourth-order valence-electron chi connectivity index (χ4n) is 4.37. The lowest BCUT2D eigenvalue weighted by molar-refractivity contribution is -0.116. The van der Waals surface area contributed by atoms with Crippen molar-refractivity contribution in [1.82, 2.24) is 5.32 Å². The van der Waals surface area contributed by atoms with Crippen molar-refractivity contribution in [2.24, 2.45) is 0 Å². The Morgan fingerprint density at radius 3 is 2.62 bits per heavy atom. The van der Waals surface area contributed by atoms with E-state index in [1.807, 2.05) is 38.1 Å². The molecule has 5 rings (SSSR count). The fraction of sp³-hybridized carbons (Fsp3) is 0.138. The van der Waals surface area contributed by atoms with E-state index in [2.05, 4.69) is 35.6 Å². The molecule has 0 saturated carbocycles. The number of fused-ring (bicyclic) bond motifs is 2. The quantitative estimate of drug-likeness (QED) is 0.286. The summed E-state index contributed by atoms with van der Waals surface area (Å²) >= 11 is 0. The Kier molecular flexibility index (Phi) is 5.68.